The molecule has 1 aromatic rings. The van der Waals surface area contributed by atoms with E-state index in [4.69, 9.17) is 0 Å². The van der Waals surface area contributed by atoms with Gasteiger partial charge in [-0.2, -0.15) is 13.2 Å². The Labute approximate surface area is 120 Å². The minimum absolute atomic E-state index is 0.142. The molecule has 1 atom stereocenters. The molecule has 1 aliphatic heterocycles. The maximum Gasteiger partial charge on any atom is 0.422 e. The maximum atomic E-state index is 12.3. The number of likely N-dealkylation sites (tertiary alicyclic amines) is 1. The molecule has 1 fully saturated rings. The zero-order chi connectivity index (χ0) is 15.5. The summed E-state index contributed by atoms with van der Waals surface area (Å²) < 4.78 is 40.6. The Hall–Kier alpha value is -1.79. The summed E-state index contributed by atoms with van der Waals surface area (Å²) in [5.74, 6) is -0.285. The third-order valence-corrected chi connectivity index (χ3v) is 3.43. The van der Waals surface area contributed by atoms with Gasteiger partial charge in [0.1, 0.15) is 0 Å². The van der Waals surface area contributed by atoms with Crippen molar-refractivity contribution in [3.63, 3.8) is 0 Å². The number of amides is 1. The molecule has 4 nitrogen and oxygen atoms in total. The number of pyridine rings is 1. The molecule has 0 N–H and O–H groups in total. The van der Waals surface area contributed by atoms with Crippen molar-refractivity contribution in [2.24, 2.45) is 0 Å². The lowest BCUT2D eigenvalue weighted by molar-refractivity contribution is -0.154. The topological polar surface area (TPSA) is 42.4 Å². The van der Waals surface area contributed by atoms with Crippen LogP contribution in [0.3, 0.4) is 0 Å². The fraction of sp³-hybridized carbons (Fsp3) is 0.571. The smallest absolute Gasteiger partial charge is 0.422 e. The average Bonchev–Trinajstić information content (AvgIpc) is 2.45. The van der Waals surface area contributed by atoms with E-state index in [9.17, 15) is 18.0 Å². The lowest BCUT2D eigenvalue weighted by Crippen LogP contribution is -2.42. The first-order chi connectivity index (χ1) is 9.87. The zero-order valence-corrected chi connectivity index (χ0v) is 11.7. The minimum atomic E-state index is -4.40. The van der Waals surface area contributed by atoms with Crippen molar-refractivity contribution >= 4 is 5.91 Å². The van der Waals surface area contributed by atoms with E-state index < -0.39 is 12.8 Å². The molecule has 0 spiro atoms. The summed E-state index contributed by atoms with van der Waals surface area (Å²) in [5, 5.41) is 0. The fourth-order valence-electron chi connectivity index (χ4n) is 2.31. The first-order valence-corrected chi connectivity index (χ1v) is 6.83. The molecule has 1 aromatic heterocycles. The van der Waals surface area contributed by atoms with Crippen molar-refractivity contribution in [2.75, 3.05) is 13.2 Å². The predicted octanol–water partition coefficient (Wildman–Crippen LogP) is 3.04. The Morgan fingerprint density at radius 1 is 1.43 bits per heavy atom. The van der Waals surface area contributed by atoms with Crippen LogP contribution in [0.15, 0.2) is 18.3 Å². The van der Waals surface area contributed by atoms with E-state index in [1.807, 2.05) is 6.92 Å². The first-order valence-electron chi connectivity index (χ1n) is 6.83. The highest BCUT2D eigenvalue weighted by atomic mass is 19.4. The molecular formula is C14H17F3N2O2. The number of carbonyl (C=O) groups is 1. The van der Waals surface area contributed by atoms with Gasteiger partial charge in [0.05, 0.1) is 5.56 Å². The highest BCUT2D eigenvalue weighted by Gasteiger charge is 2.29. The van der Waals surface area contributed by atoms with Crippen molar-refractivity contribution in [1.29, 1.82) is 0 Å². The molecule has 7 heteroatoms. The van der Waals surface area contributed by atoms with Gasteiger partial charge in [-0.25, -0.2) is 4.98 Å². The highest BCUT2D eigenvalue weighted by molar-refractivity contribution is 5.94. The Morgan fingerprint density at radius 2 is 2.19 bits per heavy atom. The zero-order valence-electron chi connectivity index (χ0n) is 11.7. The van der Waals surface area contributed by atoms with Crippen molar-refractivity contribution in [1.82, 2.24) is 9.88 Å². The van der Waals surface area contributed by atoms with Crippen LogP contribution in [-0.2, 0) is 0 Å². The van der Waals surface area contributed by atoms with Crippen molar-refractivity contribution in [3.05, 3.63) is 23.9 Å². The van der Waals surface area contributed by atoms with E-state index in [0.29, 0.717) is 12.1 Å². The third-order valence-electron chi connectivity index (χ3n) is 3.43. The Kier molecular flexibility index (Phi) is 4.69. The number of ether oxygens (including phenoxy) is 1. The predicted molar refractivity (Wildman–Crippen MR) is 70.1 cm³/mol. The quantitative estimate of drug-likeness (QED) is 0.862. The fourth-order valence-corrected chi connectivity index (χ4v) is 2.31. The molecular weight excluding hydrogens is 285 g/mol. The minimum Gasteiger partial charge on any atom is -0.468 e. The summed E-state index contributed by atoms with van der Waals surface area (Å²) in [5.41, 5.74) is 0.364. The van der Waals surface area contributed by atoms with Crippen molar-refractivity contribution in [3.8, 4) is 5.88 Å². The number of piperidine rings is 1. The number of halogens is 3. The number of rotatable bonds is 3. The van der Waals surface area contributed by atoms with E-state index in [0.717, 1.165) is 19.3 Å². The Bertz CT molecular complexity index is 488. The van der Waals surface area contributed by atoms with Gasteiger partial charge in [-0.05, 0) is 32.3 Å². The van der Waals surface area contributed by atoms with E-state index in [2.05, 4.69) is 9.72 Å². The number of hydrogen-bond donors (Lipinski definition) is 0. The Morgan fingerprint density at radius 3 is 2.76 bits per heavy atom. The van der Waals surface area contributed by atoms with Crippen LogP contribution >= 0.6 is 0 Å². The maximum absolute atomic E-state index is 12.3. The Balaban J connectivity index is 1.99. The third kappa shape index (κ3) is 4.34. The average molecular weight is 302 g/mol. The summed E-state index contributed by atoms with van der Waals surface area (Å²) in [6, 6.07) is 2.91. The summed E-state index contributed by atoms with van der Waals surface area (Å²) >= 11 is 0. The molecule has 0 bridgehead atoms. The molecule has 1 amide bonds. The molecule has 2 rings (SSSR count). The van der Waals surface area contributed by atoms with Gasteiger partial charge in [0, 0.05) is 24.8 Å². The molecule has 1 unspecified atom stereocenters. The number of nitrogens with zero attached hydrogens (tertiary/aromatic N) is 2. The number of carbonyl (C=O) groups excluding carboxylic acids is 1. The molecule has 1 saturated heterocycles. The molecule has 116 valence electrons. The van der Waals surface area contributed by atoms with E-state index in [-0.39, 0.29) is 17.8 Å². The molecule has 0 saturated carbocycles. The van der Waals surface area contributed by atoms with Crippen LogP contribution in [-0.4, -0.2) is 41.2 Å². The highest BCUT2D eigenvalue weighted by Crippen LogP contribution is 2.20. The molecule has 0 aliphatic carbocycles. The van der Waals surface area contributed by atoms with Gasteiger partial charge >= 0.3 is 6.18 Å². The number of hydrogen-bond acceptors (Lipinski definition) is 3. The van der Waals surface area contributed by atoms with E-state index in [1.54, 1.807) is 4.90 Å². The lowest BCUT2D eigenvalue weighted by Gasteiger charge is -2.33. The van der Waals surface area contributed by atoms with Crippen molar-refractivity contribution < 1.29 is 22.7 Å². The van der Waals surface area contributed by atoms with Gasteiger partial charge in [-0.15, -0.1) is 0 Å². The van der Waals surface area contributed by atoms with Gasteiger partial charge in [-0.3, -0.25) is 4.79 Å². The molecule has 1 aliphatic rings. The van der Waals surface area contributed by atoms with Gasteiger partial charge in [-0.1, -0.05) is 0 Å². The van der Waals surface area contributed by atoms with Crippen LogP contribution in [0, 0.1) is 0 Å². The van der Waals surface area contributed by atoms with Gasteiger partial charge in [0.15, 0.2) is 6.61 Å². The SMILES string of the molecule is CC1CCCCN1C(=O)c1ccc(OCC(F)(F)F)nc1. The normalized spacial score (nSPS) is 19.4. The van der Waals surface area contributed by atoms with Crippen LogP contribution in [0.2, 0.25) is 0 Å². The van der Waals surface area contributed by atoms with Gasteiger partial charge < -0.3 is 9.64 Å². The van der Waals surface area contributed by atoms with Crippen molar-refractivity contribution in [2.45, 2.75) is 38.4 Å². The molecule has 0 radical (unpaired) electrons. The second kappa shape index (κ2) is 6.32. The standard InChI is InChI=1S/C14H17F3N2O2/c1-10-4-2-3-7-19(10)13(20)11-5-6-12(18-8-11)21-9-14(15,16)17/h5-6,8,10H,2-4,7,9H2,1H3. The largest absolute Gasteiger partial charge is 0.468 e. The summed E-state index contributed by atoms with van der Waals surface area (Å²) in [7, 11) is 0. The second-order valence-corrected chi connectivity index (χ2v) is 5.13. The van der Waals surface area contributed by atoms with Crippen LogP contribution in [0.4, 0.5) is 13.2 Å². The van der Waals surface area contributed by atoms with Crippen LogP contribution in [0.1, 0.15) is 36.5 Å². The van der Waals surface area contributed by atoms with E-state index >= 15 is 0 Å². The van der Waals surface area contributed by atoms with E-state index in [1.165, 1.54) is 18.3 Å². The molecule has 2 heterocycles. The van der Waals surface area contributed by atoms with Crippen LogP contribution < -0.4 is 4.74 Å². The van der Waals surface area contributed by atoms with Gasteiger partial charge in [0.25, 0.3) is 5.91 Å². The summed E-state index contributed by atoms with van der Waals surface area (Å²) in [4.78, 5) is 17.8. The van der Waals surface area contributed by atoms with Crippen LogP contribution in [0.25, 0.3) is 0 Å². The molecule has 21 heavy (non-hydrogen) atoms. The summed E-state index contributed by atoms with van der Waals surface area (Å²) in [6.45, 7) is 1.30. The van der Waals surface area contributed by atoms with Crippen LogP contribution in [0.5, 0.6) is 5.88 Å². The molecule has 0 aromatic carbocycles. The lowest BCUT2D eigenvalue weighted by atomic mass is 10.0. The number of aromatic nitrogens is 1. The van der Waals surface area contributed by atoms with Gasteiger partial charge in [0.2, 0.25) is 5.88 Å². The second-order valence-electron chi connectivity index (χ2n) is 5.13. The first kappa shape index (κ1) is 15.6. The summed E-state index contributed by atoms with van der Waals surface area (Å²) in [6.07, 6.45) is -0.107. The monoisotopic (exact) mass is 302 g/mol. The number of alkyl halides is 3.